The van der Waals surface area contributed by atoms with E-state index in [-0.39, 0.29) is 22.7 Å². The van der Waals surface area contributed by atoms with Gasteiger partial charge in [0.1, 0.15) is 16.8 Å². The third-order valence-corrected chi connectivity index (χ3v) is 5.26. The Morgan fingerprint density at radius 1 is 1.20 bits per heavy atom. The number of rotatable bonds is 4. The number of pyridine rings is 2. The second kappa shape index (κ2) is 7.59. The number of aromatic nitrogens is 3. The molecule has 0 fully saturated rings. The fourth-order valence-electron chi connectivity index (χ4n) is 3.62. The minimum atomic E-state index is -0.394. The SMILES string of the molecule is CCn1c(=N)c(C(=O)N[C@@H](C)c2ccccc2)cc2c(=O)n3cc(C)ccc3nc21. The van der Waals surface area contributed by atoms with E-state index in [9.17, 15) is 9.59 Å². The third-order valence-electron chi connectivity index (χ3n) is 5.26. The van der Waals surface area contributed by atoms with Crippen molar-refractivity contribution in [2.75, 3.05) is 0 Å². The molecule has 1 atom stereocenters. The molecule has 0 spiro atoms. The van der Waals surface area contributed by atoms with Gasteiger partial charge in [-0.2, -0.15) is 0 Å². The van der Waals surface area contributed by atoms with Gasteiger partial charge in [0.15, 0.2) is 0 Å². The van der Waals surface area contributed by atoms with Crippen LogP contribution in [-0.2, 0) is 6.54 Å². The van der Waals surface area contributed by atoms with Crippen molar-refractivity contribution in [3.8, 4) is 0 Å². The summed E-state index contributed by atoms with van der Waals surface area (Å²) in [5.74, 6) is -0.394. The van der Waals surface area contributed by atoms with Crippen molar-refractivity contribution in [1.82, 2.24) is 19.3 Å². The Hall–Kier alpha value is -3.74. The van der Waals surface area contributed by atoms with Crippen LogP contribution in [0, 0.1) is 12.3 Å². The minimum absolute atomic E-state index is 0.0334. The van der Waals surface area contributed by atoms with E-state index in [0.29, 0.717) is 23.2 Å². The van der Waals surface area contributed by atoms with E-state index in [1.807, 2.05) is 57.2 Å². The van der Waals surface area contributed by atoms with Crippen molar-refractivity contribution in [1.29, 1.82) is 5.41 Å². The number of carbonyl (C=O) groups excluding carboxylic acids is 1. The van der Waals surface area contributed by atoms with E-state index in [1.165, 1.54) is 10.5 Å². The fourth-order valence-corrected chi connectivity index (χ4v) is 3.62. The standard InChI is InChI=1S/C23H23N5O2/c1-4-27-20(24)17(22(29)25-15(3)16-8-6-5-7-9-16)12-18-21(27)26-19-11-10-14(2)13-28(19)23(18)30/h5-13,15,24H,4H2,1-3H3,(H,25,29)/t15-/m0/s1. The third kappa shape index (κ3) is 3.28. The largest absolute Gasteiger partial charge is 0.345 e. The molecule has 152 valence electrons. The maximum absolute atomic E-state index is 13.2. The first kappa shape index (κ1) is 19.6. The van der Waals surface area contributed by atoms with Crippen molar-refractivity contribution in [3.05, 3.63) is 87.3 Å². The molecule has 0 saturated carbocycles. The van der Waals surface area contributed by atoms with Crippen LogP contribution in [0.15, 0.2) is 59.5 Å². The summed E-state index contributed by atoms with van der Waals surface area (Å²) in [5, 5.41) is 11.8. The van der Waals surface area contributed by atoms with E-state index < -0.39 is 5.91 Å². The van der Waals surface area contributed by atoms with Crippen LogP contribution in [-0.4, -0.2) is 19.9 Å². The molecule has 2 N–H and O–H groups in total. The van der Waals surface area contributed by atoms with Crippen LogP contribution in [0.4, 0.5) is 0 Å². The normalized spacial score (nSPS) is 12.2. The average Bonchev–Trinajstić information content (AvgIpc) is 2.74. The number of hydrogen-bond donors (Lipinski definition) is 2. The van der Waals surface area contributed by atoms with E-state index in [4.69, 9.17) is 5.41 Å². The number of nitrogens with one attached hydrogen (secondary N) is 2. The van der Waals surface area contributed by atoms with Gasteiger partial charge in [-0.05, 0) is 44.0 Å². The molecule has 3 heterocycles. The molecule has 4 rings (SSSR count). The zero-order valence-electron chi connectivity index (χ0n) is 17.1. The van der Waals surface area contributed by atoms with Gasteiger partial charge in [-0.3, -0.25) is 19.4 Å². The molecule has 0 bridgehead atoms. The molecule has 0 aliphatic rings. The molecule has 4 aromatic rings. The van der Waals surface area contributed by atoms with Crippen LogP contribution in [0.1, 0.15) is 41.4 Å². The fraction of sp³-hybridized carbons (Fsp3) is 0.217. The van der Waals surface area contributed by atoms with Gasteiger partial charge in [0.2, 0.25) is 0 Å². The molecule has 1 amide bonds. The van der Waals surface area contributed by atoms with E-state index >= 15 is 0 Å². The lowest BCUT2D eigenvalue weighted by Gasteiger charge is -2.16. The molecule has 0 aliphatic heterocycles. The van der Waals surface area contributed by atoms with Gasteiger partial charge in [0.05, 0.1) is 17.0 Å². The molecule has 0 saturated heterocycles. The summed E-state index contributed by atoms with van der Waals surface area (Å²) in [7, 11) is 0. The zero-order valence-corrected chi connectivity index (χ0v) is 17.1. The van der Waals surface area contributed by atoms with Gasteiger partial charge in [0, 0.05) is 12.7 Å². The predicted molar refractivity (Wildman–Crippen MR) is 116 cm³/mol. The van der Waals surface area contributed by atoms with E-state index in [1.54, 1.807) is 16.8 Å². The van der Waals surface area contributed by atoms with Gasteiger partial charge >= 0.3 is 0 Å². The molecule has 30 heavy (non-hydrogen) atoms. The van der Waals surface area contributed by atoms with Crippen molar-refractivity contribution in [2.24, 2.45) is 0 Å². The molecule has 0 unspecified atom stereocenters. The summed E-state index contributed by atoms with van der Waals surface area (Å²) in [4.78, 5) is 30.8. The number of hydrogen-bond acceptors (Lipinski definition) is 4. The van der Waals surface area contributed by atoms with Crippen molar-refractivity contribution >= 4 is 22.6 Å². The van der Waals surface area contributed by atoms with Gasteiger partial charge in [-0.1, -0.05) is 36.4 Å². The van der Waals surface area contributed by atoms with Crippen LogP contribution >= 0.6 is 0 Å². The minimum Gasteiger partial charge on any atom is -0.345 e. The Balaban J connectivity index is 1.88. The second-order valence-corrected chi connectivity index (χ2v) is 7.35. The summed E-state index contributed by atoms with van der Waals surface area (Å²) in [6, 6.07) is 14.5. The van der Waals surface area contributed by atoms with Crippen molar-refractivity contribution < 1.29 is 4.79 Å². The Morgan fingerprint density at radius 2 is 1.93 bits per heavy atom. The van der Waals surface area contributed by atoms with Crippen LogP contribution in [0.2, 0.25) is 0 Å². The molecular weight excluding hydrogens is 378 g/mol. The summed E-state index contributed by atoms with van der Waals surface area (Å²) in [5.41, 5.74) is 2.74. The molecule has 0 aliphatic carbocycles. The van der Waals surface area contributed by atoms with Crippen LogP contribution in [0.25, 0.3) is 16.7 Å². The number of nitrogens with zero attached hydrogens (tertiary/aromatic N) is 3. The van der Waals surface area contributed by atoms with Gasteiger partial charge < -0.3 is 9.88 Å². The Labute approximate surface area is 173 Å². The van der Waals surface area contributed by atoms with Gasteiger partial charge in [0.25, 0.3) is 11.5 Å². The lowest BCUT2D eigenvalue weighted by Crippen LogP contribution is -2.35. The monoisotopic (exact) mass is 401 g/mol. The first-order chi connectivity index (χ1) is 14.4. The average molecular weight is 401 g/mol. The second-order valence-electron chi connectivity index (χ2n) is 7.35. The Kier molecular flexibility index (Phi) is 4.95. The molecule has 1 aromatic carbocycles. The molecule has 0 radical (unpaired) electrons. The number of benzene rings is 1. The molecule has 7 nitrogen and oxygen atoms in total. The number of amides is 1. The molecule has 7 heteroatoms. The number of carbonyl (C=O) groups is 1. The van der Waals surface area contributed by atoms with Crippen molar-refractivity contribution in [2.45, 2.75) is 33.4 Å². The summed E-state index contributed by atoms with van der Waals surface area (Å²) in [6.45, 7) is 6.07. The number of fused-ring (bicyclic) bond motifs is 2. The Morgan fingerprint density at radius 3 is 2.63 bits per heavy atom. The topological polar surface area (TPSA) is 92.2 Å². The quantitative estimate of drug-likeness (QED) is 0.515. The first-order valence-corrected chi connectivity index (χ1v) is 9.87. The maximum Gasteiger partial charge on any atom is 0.267 e. The number of aryl methyl sites for hydroxylation is 2. The Bertz CT molecular complexity index is 1390. The maximum atomic E-state index is 13.2. The van der Waals surface area contributed by atoms with E-state index in [2.05, 4.69) is 10.3 Å². The first-order valence-electron chi connectivity index (χ1n) is 9.87. The summed E-state index contributed by atoms with van der Waals surface area (Å²) < 4.78 is 3.08. The predicted octanol–water partition coefficient (Wildman–Crippen LogP) is 2.95. The van der Waals surface area contributed by atoms with Crippen LogP contribution in [0.5, 0.6) is 0 Å². The molecule has 3 aromatic heterocycles. The van der Waals surface area contributed by atoms with Gasteiger partial charge in [-0.25, -0.2) is 4.98 Å². The summed E-state index contributed by atoms with van der Waals surface area (Å²) in [6.07, 6.45) is 1.73. The highest BCUT2D eigenvalue weighted by Crippen LogP contribution is 2.14. The lowest BCUT2D eigenvalue weighted by molar-refractivity contribution is 0.0937. The van der Waals surface area contributed by atoms with Gasteiger partial charge in [-0.15, -0.1) is 0 Å². The molecular formula is C23H23N5O2. The smallest absolute Gasteiger partial charge is 0.267 e. The van der Waals surface area contributed by atoms with Crippen LogP contribution in [0.3, 0.4) is 0 Å². The highest BCUT2D eigenvalue weighted by atomic mass is 16.1. The lowest BCUT2D eigenvalue weighted by atomic mass is 10.1. The highest BCUT2D eigenvalue weighted by Gasteiger charge is 2.18. The highest BCUT2D eigenvalue weighted by molar-refractivity contribution is 5.97. The van der Waals surface area contributed by atoms with Crippen LogP contribution < -0.4 is 16.4 Å². The zero-order chi connectivity index (χ0) is 21.4. The van der Waals surface area contributed by atoms with E-state index in [0.717, 1.165) is 11.1 Å². The summed E-state index contributed by atoms with van der Waals surface area (Å²) >= 11 is 0. The van der Waals surface area contributed by atoms with Crippen molar-refractivity contribution in [3.63, 3.8) is 0 Å².